The van der Waals surface area contributed by atoms with Crippen molar-refractivity contribution in [3.8, 4) is 5.75 Å². The Morgan fingerprint density at radius 1 is 0.853 bits per heavy atom. The fourth-order valence-electron chi connectivity index (χ4n) is 3.25. The average molecular weight is 536 g/mol. The number of para-hydroxylation sites is 1. The van der Waals surface area contributed by atoms with Gasteiger partial charge in [0.2, 0.25) is 0 Å². The molecule has 0 aliphatic carbocycles. The number of imide groups is 2. The fourth-order valence-corrected chi connectivity index (χ4v) is 4.28. The number of benzene rings is 3. The molecule has 0 unspecified atom stereocenters. The number of nitrogens with one attached hydrogen (secondary N) is 1. The van der Waals surface area contributed by atoms with Gasteiger partial charge in [0, 0.05) is 26.2 Å². The quantitative estimate of drug-likeness (QED) is 0.297. The van der Waals surface area contributed by atoms with Gasteiger partial charge in [0.1, 0.15) is 17.9 Å². The van der Waals surface area contributed by atoms with Gasteiger partial charge in [-0.1, -0.05) is 70.7 Å². The Balaban J connectivity index is 1.71. The van der Waals surface area contributed by atoms with Gasteiger partial charge in [-0.25, -0.2) is 9.69 Å². The summed E-state index contributed by atoms with van der Waals surface area (Å²) in [6.07, 6.45) is 1.27. The van der Waals surface area contributed by atoms with Crippen LogP contribution < -0.4 is 15.0 Å². The standard InChI is InChI=1S/C24H14Cl4N2O4/c25-15-7-6-13(19(27)10-15)12-34-21-14(8-16(26)11-20(21)28)9-18-22(31)29-24(33)30(23(18)32)17-4-2-1-3-5-17/h1-11H,12H2,(H,29,31,33)/b18-9+. The molecular formula is C24H14Cl4N2O4. The van der Waals surface area contributed by atoms with Gasteiger partial charge < -0.3 is 4.74 Å². The SMILES string of the molecule is O=C1NC(=O)N(c2ccccc2)C(=O)/C1=C/c1cc(Cl)cc(Cl)c1OCc1ccc(Cl)cc1Cl. The Morgan fingerprint density at radius 2 is 1.56 bits per heavy atom. The normalized spacial score (nSPS) is 15.0. The number of anilines is 1. The number of carbonyl (C=O) groups is 3. The highest BCUT2D eigenvalue weighted by molar-refractivity contribution is 6.40. The molecule has 0 atom stereocenters. The van der Waals surface area contributed by atoms with Crippen LogP contribution in [0, 0.1) is 0 Å². The topological polar surface area (TPSA) is 75.7 Å². The number of nitrogens with zero attached hydrogens (tertiary/aromatic N) is 1. The molecular weight excluding hydrogens is 522 g/mol. The van der Waals surface area contributed by atoms with Crippen molar-refractivity contribution >= 4 is 76.0 Å². The summed E-state index contributed by atoms with van der Waals surface area (Å²) in [6.45, 7) is 0.0301. The van der Waals surface area contributed by atoms with Gasteiger partial charge in [0.25, 0.3) is 11.8 Å². The molecule has 34 heavy (non-hydrogen) atoms. The van der Waals surface area contributed by atoms with E-state index in [9.17, 15) is 14.4 Å². The number of ether oxygens (including phenoxy) is 1. The van der Waals surface area contributed by atoms with Crippen molar-refractivity contribution in [2.24, 2.45) is 0 Å². The lowest BCUT2D eigenvalue weighted by Crippen LogP contribution is -2.54. The first-order valence-electron chi connectivity index (χ1n) is 9.77. The maximum Gasteiger partial charge on any atom is 0.335 e. The van der Waals surface area contributed by atoms with Crippen LogP contribution in [0.1, 0.15) is 11.1 Å². The third-order valence-electron chi connectivity index (χ3n) is 4.84. The van der Waals surface area contributed by atoms with E-state index in [1.54, 1.807) is 48.5 Å². The van der Waals surface area contributed by atoms with Crippen LogP contribution in [0.25, 0.3) is 6.08 Å². The first-order chi connectivity index (χ1) is 16.2. The van der Waals surface area contributed by atoms with Crippen molar-refractivity contribution in [1.82, 2.24) is 5.32 Å². The first-order valence-corrected chi connectivity index (χ1v) is 11.3. The van der Waals surface area contributed by atoms with E-state index in [0.29, 0.717) is 21.3 Å². The molecule has 0 radical (unpaired) electrons. The molecule has 0 aromatic heterocycles. The maximum atomic E-state index is 13.1. The number of hydrogen-bond donors (Lipinski definition) is 1. The van der Waals surface area contributed by atoms with E-state index in [-0.39, 0.29) is 33.5 Å². The highest BCUT2D eigenvalue weighted by atomic mass is 35.5. The largest absolute Gasteiger partial charge is 0.487 e. The summed E-state index contributed by atoms with van der Waals surface area (Å²) in [7, 11) is 0. The predicted molar refractivity (Wildman–Crippen MR) is 133 cm³/mol. The van der Waals surface area contributed by atoms with Crippen LogP contribution >= 0.6 is 46.4 Å². The Kier molecular flexibility index (Phi) is 7.14. The van der Waals surface area contributed by atoms with E-state index in [1.807, 2.05) is 0 Å². The summed E-state index contributed by atoms with van der Waals surface area (Å²) in [5, 5.41) is 3.46. The number of urea groups is 1. The molecule has 4 rings (SSSR count). The molecule has 172 valence electrons. The lowest BCUT2D eigenvalue weighted by atomic mass is 10.1. The second-order valence-corrected chi connectivity index (χ2v) is 8.81. The summed E-state index contributed by atoms with van der Waals surface area (Å²) < 4.78 is 5.89. The third kappa shape index (κ3) is 5.05. The van der Waals surface area contributed by atoms with Crippen LogP contribution in [-0.4, -0.2) is 17.8 Å². The van der Waals surface area contributed by atoms with Crippen LogP contribution in [0.3, 0.4) is 0 Å². The monoisotopic (exact) mass is 534 g/mol. The van der Waals surface area contributed by atoms with E-state index in [0.717, 1.165) is 4.90 Å². The number of carbonyl (C=O) groups excluding carboxylic acids is 3. The lowest BCUT2D eigenvalue weighted by molar-refractivity contribution is -0.122. The van der Waals surface area contributed by atoms with Crippen molar-refractivity contribution in [2.75, 3.05) is 4.90 Å². The van der Waals surface area contributed by atoms with Crippen molar-refractivity contribution < 1.29 is 19.1 Å². The van der Waals surface area contributed by atoms with E-state index in [1.165, 1.54) is 18.2 Å². The van der Waals surface area contributed by atoms with Crippen molar-refractivity contribution in [3.63, 3.8) is 0 Å². The summed E-state index contributed by atoms with van der Waals surface area (Å²) in [4.78, 5) is 38.9. The van der Waals surface area contributed by atoms with E-state index < -0.39 is 17.8 Å². The number of amides is 4. The van der Waals surface area contributed by atoms with Gasteiger partial charge in [-0.15, -0.1) is 0 Å². The zero-order chi connectivity index (χ0) is 24.4. The maximum absolute atomic E-state index is 13.1. The molecule has 1 aliphatic rings. The molecule has 6 nitrogen and oxygen atoms in total. The number of halogens is 4. The van der Waals surface area contributed by atoms with Crippen LogP contribution in [-0.2, 0) is 16.2 Å². The van der Waals surface area contributed by atoms with Crippen LogP contribution in [0.15, 0.2) is 66.2 Å². The van der Waals surface area contributed by atoms with Crippen LogP contribution in [0.2, 0.25) is 20.1 Å². The van der Waals surface area contributed by atoms with Gasteiger partial charge in [0.15, 0.2) is 0 Å². The van der Waals surface area contributed by atoms with Gasteiger partial charge in [-0.3, -0.25) is 14.9 Å². The Hall–Kier alpha value is -3.03. The third-order valence-corrected chi connectivity index (χ3v) is 5.93. The summed E-state index contributed by atoms with van der Waals surface area (Å²) in [5.74, 6) is -1.49. The number of rotatable bonds is 5. The summed E-state index contributed by atoms with van der Waals surface area (Å²) in [5.41, 5.74) is 0.920. The average Bonchev–Trinajstić information content (AvgIpc) is 2.77. The van der Waals surface area contributed by atoms with Crippen molar-refractivity contribution in [3.05, 3.63) is 97.5 Å². The summed E-state index contributed by atoms with van der Waals surface area (Å²) >= 11 is 24.7. The zero-order valence-electron chi connectivity index (χ0n) is 17.2. The molecule has 1 N–H and O–H groups in total. The molecule has 0 bridgehead atoms. The zero-order valence-corrected chi connectivity index (χ0v) is 20.2. The molecule has 3 aromatic rings. The lowest BCUT2D eigenvalue weighted by Gasteiger charge is -2.26. The molecule has 0 spiro atoms. The van der Waals surface area contributed by atoms with E-state index in [4.69, 9.17) is 51.1 Å². The number of hydrogen-bond acceptors (Lipinski definition) is 4. The minimum absolute atomic E-state index is 0.0301. The second kappa shape index (κ2) is 10.1. The molecule has 0 saturated carbocycles. The molecule has 3 aromatic carbocycles. The molecule has 10 heteroatoms. The smallest absolute Gasteiger partial charge is 0.335 e. The minimum Gasteiger partial charge on any atom is -0.487 e. The Morgan fingerprint density at radius 3 is 2.26 bits per heavy atom. The van der Waals surface area contributed by atoms with Crippen LogP contribution in [0.5, 0.6) is 5.75 Å². The van der Waals surface area contributed by atoms with E-state index in [2.05, 4.69) is 5.32 Å². The number of barbiturate groups is 1. The Bertz CT molecular complexity index is 1340. The van der Waals surface area contributed by atoms with Crippen molar-refractivity contribution in [2.45, 2.75) is 6.61 Å². The van der Waals surface area contributed by atoms with Gasteiger partial charge >= 0.3 is 6.03 Å². The van der Waals surface area contributed by atoms with Gasteiger partial charge in [-0.2, -0.15) is 0 Å². The fraction of sp³-hybridized carbons (Fsp3) is 0.0417. The molecule has 1 saturated heterocycles. The molecule has 1 heterocycles. The Labute approximate surface area is 214 Å². The molecule has 1 fully saturated rings. The van der Waals surface area contributed by atoms with Crippen LogP contribution in [0.4, 0.5) is 10.5 Å². The predicted octanol–water partition coefficient (Wildman–Crippen LogP) is 6.55. The van der Waals surface area contributed by atoms with Crippen molar-refractivity contribution in [1.29, 1.82) is 0 Å². The molecule has 4 amide bonds. The second-order valence-electron chi connectivity index (χ2n) is 7.12. The minimum atomic E-state index is -0.857. The van der Waals surface area contributed by atoms with E-state index >= 15 is 0 Å². The van der Waals surface area contributed by atoms with Gasteiger partial charge in [0.05, 0.1) is 10.7 Å². The van der Waals surface area contributed by atoms with Gasteiger partial charge in [-0.05, 0) is 42.5 Å². The summed E-state index contributed by atoms with van der Waals surface area (Å²) in [6, 6.07) is 15.3. The molecule has 1 aliphatic heterocycles. The highest BCUT2D eigenvalue weighted by Crippen LogP contribution is 2.36. The highest BCUT2D eigenvalue weighted by Gasteiger charge is 2.37. The first kappa shape index (κ1) is 24.1.